The summed E-state index contributed by atoms with van der Waals surface area (Å²) < 4.78 is 0. The van der Waals surface area contributed by atoms with Crippen molar-refractivity contribution >= 4 is 35.2 Å². The van der Waals surface area contributed by atoms with Crippen LogP contribution in [0.2, 0.25) is 0 Å². The van der Waals surface area contributed by atoms with Crippen LogP contribution in [0, 0.1) is 0 Å². The molecule has 0 spiro atoms. The highest BCUT2D eigenvalue weighted by molar-refractivity contribution is 7.99. The highest BCUT2D eigenvalue weighted by Gasteiger charge is 2.02. The van der Waals surface area contributed by atoms with E-state index in [0.717, 1.165) is 4.90 Å². The maximum atomic E-state index is 5.37. The van der Waals surface area contributed by atoms with Crippen LogP contribution in [-0.2, 0) is 0 Å². The van der Waals surface area contributed by atoms with Gasteiger partial charge in [-0.25, -0.2) is 0 Å². The highest BCUT2D eigenvalue weighted by Crippen LogP contribution is 2.30. The summed E-state index contributed by atoms with van der Waals surface area (Å²) in [6, 6.07) is 12.5. The van der Waals surface area contributed by atoms with E-state index in [9.17, 15) is 0 Å². The number of benzene rings is 2. The van der Waals surface area contributed by atoms with Gasteiger partial charge in [0.05, 0.1) is 4.90 Å². The van der Waals surface area contributed by atoms with Crippen molar-refractivity contribution in [3.05, 3.63) is 36.4 Å². The fraction of sp³-hybridized carbons (Fsp3) is 0.0909. The number of rotatable bonds is 1. The lowest BCUT2D eigenvalue weighted by molar-refractivity contribution is 1.32. The molecule has 0 aliphatic carbocycles. The summed E-state index contributed by atoms with van der Waals surface area (Å²) in [6.45, 7) is 0. The highest BCUT2D eigenvalue weighted by atomic mass is 32.2. The maximum absolute atomic E-state index is 5.37. The molecule has 2 heteroatoms. The molecule has 0 saturated heterocycles. The molecule has 2 rings (SSSR count). The lowest BCUT2D eigenvalue weighted by atomic mass is 10.1. The van der Waals surface area contributed by atoms with E-state index in [1.54, 1.807) is 11.8 Å². The minimum atomic E-state index is 0.977. The second-order valence-corrected chi connectivity index (χ2v) is 4.07. The average Bonchev–Trinajstić information content (AvgIpc) is 2.19. The van der Waals surface area contributed by atoms with E-state index in [1.807, 2.05) is 12.1 Å². The Morgan fingerprint density at radius 3 is 2.62 bits per heavy atom. The summed E-state index contributed by atoms with van der Waals surface area (Å²) in [6.07, 6.45) is 2.06. The SMILES string of the molecule is CSc1ccc2ccccc2c1[S]. The van der Waals surface area contributed by atoms with Crippen molar-refractivity contribution < 1.29 is 0 Å². The lowest BCUT2D eigenvalue weighted by Gasteiger charge is -2.04. The Bertz CT molecular complexity index is 435. The second-order valence-electron chi connectivity index (χ2n) is 2.82. The van der Waals surface area contributed by atoms with Crippen molar-refractivity contribution in [3.63, 3.8) is 0 Å². The first-order chi connectivity index (χ1) is 6.33. The average molecular weight is 205 g/mol. The van der Waals surface area contributed by atoms with Gasteiger partial charge in [-0.3, -0.25) is 0 Å². The zero-order valence-electron chi connectivity index (χ0n) is 7.28. The molecule has 1 radical (unpaired) electrons. The van der Waals surface area contributed by atoms with Crippen molar-refractivity contribution in [2.24, 2.45) is 0 Å². The van der Waals surface area contributed by atoms with Crippen molar-refractivity contribution in [1.82, 2.24) is 0 Å². The summed E-state index contributed by atoms with van der Waals surface area (Å²) in [4.78, 5) is 2.17. The Balaban J connectivity index is 2.79. The quantitative estimate of drug-likeness (QED) is 0.631. The molecule has 0 atom stereocenters. The van der Waals surface area contributed by atoms with E-state index >= 15 is 0 Å². The first kappa shape index (κ1) is 8.85. The van der Waals surface area contributed by atoms with E-state index in [4.69, 9.17) is 12.6 Å². The Kier molecular flexibility index (Phi) is 2.42. The van der Waals surface area contributed by atoms with Crippen LogP contribution in [0.4, 0.5) is 0 Å². The molecule has 0 aliphatic rings. The predicted molar refractivity (Wildman–Crippen MR) is 61.6 cm³/mol. The van der Waals surface area contributed by atoms with Gasteiger partial charge < -0.3 is 0 Å². The number of thioether (sulfide) groups is 1. The van der Waals surface area contributed by atoms with Crippen molar-refractivity contribution in [3.8, 4) is 0 Å². The van der Waals surface area contributed by atoms with Crippen LogP contribution in [-0.4, -0.2) is 6.26 Å². The second kappa shape index (κ2) is 3.56. The third-order valence-corrected chi connectivity index (χ3v) is 3.41. The monoisotopic (exact) mass is 205 g/mol. The van der Waals surface area contributed by atoms with Gasteiger partial charge in [0, 0.05) is 10.3 Å². The summed E-state index contributed by atoms with van der Waals surface area (Å²) in [5, 5.41) is 2.41. The molecule has 0 heterocycles. The lowest BCUT2D eigenvalue weighted by Crippen LogP contribution is -1.78. The van der Waals surface area contributed by atoms with E-state index in [2.05, 4.69) is 30.5 Å². The van der Waals surface area contributed by atoms with Gasteiger partial charge in [-0.05, 0) is 17.7 Å². The van der Waals surface area contributed by atoms with Crippen molar-refractivity contribution in [2.75, 3.05) is 6.26 Å². The molecule has 0 N–H and O–H groups in total. The molecular weight excluding hydrogens is 196 g/mol. The summed E-state index contributed by atoms with van der Waals surface area (Å²) >= 11 is 7.08. The number of fused-ring (bicyclic) bond motifs is 1. The molecule has 0 nitrogen and oxygen atoms in total. The van der Waals surface area contributed by atoms with Crippen LogP contribution in [0.1, 0.15) is 0 Å². The van der Waals surface area contributed by atoms with Crippen LogP contribution >= 0.6 is 24.4 Å². The minimum absolute atomic E-state index is 0.977. The van der Waals surface area contributed by atoms with Crippen LogP contribution in [0.5, 0.6) is 0 Å². The molecule has 65 valence electrons. The molecule has 0 fully saturated rings. The van der Waals surface area contributed by atoms with E-state index < -0.39 is 0 Å². The molecule has 13 heavy (non-hydrogen) atoms. The Hall–Kier alpha value is -0.730. The van der Waals surface area contributed by atoms with Gasteiger partial charge in [0.1, 0.15) is 0 Å². The van der Waals surface area contributed by atoms with Crippen LogP contribution in [0.15, 0.2) is 46.2 Å². The molecule has 0 amide bonds. The smallest absolute Gasteiger partial charge is 0.0591 e. The fourth-order valence-corrected chi connectivity index (χ4v) is 2.39. The van der Waals surface area contributed by atoms with Crippen molar-refractivity contribution in [1.29, 1.82) is 0 Å². The maximum Gasteiger partial charge on any atom is 0.0591 e. The molecule has 0 saturated carbocycles. The molecule has 2 aromatic carbocycles. The van der Waals surface area contributed by atoms with Gasteiger partial charge in [0.15, 0.2) is 0 Å². The third kappa shape index (κ3) is 1.52. The summed E-state index contributed by atoms with van der Waals surface area (Å²) in [7, 11) is 0. The van der Waals surface area contributed by atoms with E-state index in [0.29, 0.717) is 0 Å². The van der Waals surface area contributed by atoms with Gasteiger partial charge in [-0.1, -0.05) is 43.0 Å². The largest absolute Gasteiger partial charge is 0.128 e. The number of hydrogen-bond acceptors (Lipinski definition) is 1. The van der Waals surface area contributed by atoms with Crippen LogP contribution in [0.3, 0.4) is 0 Å². The summed E-state index contributed by atoms with van der Waals surface area (Å²) in [5.74, 6) is 0. The Labute approximate surface area is 87.8 Å². The summed E-state index contributed by atoms with van der Waals surface area (Å²) in [5.41, 5.74) is 0. The zero-order chi connectivity index (χ0) is 9.26. The van der Waals surface area contributed by atoms with E-state index in [-0.39, 0.29) is 0 Å². The minimum Gasteiger partial charge on any atom is -0.128 e. The third-order valence-electron chi connectivity index (χ3n) is 2.06. The molecular formula is C11H9S2. The molecule has 0 aliphatic heterocycles. The van der Waals surface area contributed by atoms with Gasteiger partial charge in [-0.15, -0.1) is 11.8 Å². The molecule has 0 aromatic heterocycles. The van der Waals surface area contributed by atoms with Crippen molar-refractivity contribution in [2.45, 2.75) is 9.79 Å². The topological polar surface area (TPSA) is 0 Å². The molecule has 2 aromatic rings. The Morgan fingerprint density at radius 1 is 1.08 bits per heavy atom. The normalized spacial score (nSPS) is 10.5. The van der Waals surface area contributed by atoms with Gasteiger partial charge >= 0.3 is 0 Å². The first-order valence-electron chi connectivity index (χ1n) is 4.05. The van der Waals surface area contributed by atoms with Crippen LogP contribution < -0.4 is 0 Å². The zero-order valence-corrected chi connectivity index (χ0v) is 8.91. The first-order valence-corrected chi connectivity index (χ1v) is 5.69. The standard InChI is InChI=1S/C11H9S2/c1-13-10-7-6-8-4-2-3-5-9(8)11(10)12/h2-7H,1H3. The molecule has 0 unspecified atom stereocenters. The Morgan fingerprint density at radius 2 is 1.85 bits per heavy atom. The van der Waals surface area contributed by atoms with Gasteiger partial charge in [0.25, 0.3) is 0 Å². The fourth-order valence-electron chi connectivity index (χ4n) is 1.38. The van der Waals surface area contributed by atoms with E-state index in [1.165, 1.54) is 15.7 Å². The number of hydrogen-bond donors (Lipinski definition) is 0. The van der Waals surface area contributed by atoms with Gasteiger partial charge in [-0.2, -0.15) is 0 Å². The molecule has 0 bridgehead atoms. The predicted octanol–water partition coefficient (Wildman–Crippen LogP) is 4.12. The van der Waals surface area contributed by atoms with Crippen LogP contribution in [0.25, 0.3) is 10.8 Å². The van der Waals surface area contributed by atoms with Gasteiger partial charge in [0.2, 0.25) is 0 Å².